The van der Waals surface area contributed by atoms with Crippen molar-refractivity contribution in [2.75, 3.05) is 0 Å². The van der Waals surface area contributed by atoms with E-state index in [1.807, 2.05) is 0 Å². The van der Waals surface area contributed by atoms with Gasteiger partial charge in [-0.25, -0.2) is 0 Å². The van der Waals surface area contributed by atoms with Crippen molar-refractivity contribution in [3.8, 4) is 0 Å². The van der Waals surface area contributed by atoms with Gasteiger partial charge in [0.2, 0.25) is 0 Å². The van der Waals surface area contributed by atoms with Crippen molar-refractivity contribution in [3.63, 3.8) is 0 Å². The van der Waals surface area contributed by atoms with E-state index in [2.05, 4.69) is 27.7 Å². The smallest absolute Gasteiger partial charge is 0.0386 e. The highest BCUT2D eigenvalue weighted by atomic mass is 14.3. The first kappa shape index (κ1) is 15.1. The Hall–Kier alpha value is 0. The molecule has 0 saturated heterocycles. The van der Waals surface area contributed by atoms with Gasteiger partial charge in [-0.3, -0.25) is 0 Å². The maximum Gasteiger partial charge on any atom is -0.0386 e. The predicted molar refractivity (Wildman–Crippen MR) is 78.2 cm³/mol. The highest BCUT2D eigenvalue weighted by Gasteiger charge is 2.25. The normalized spacial score (nSPS) is 27.4. The van der Waals surface area contributed by atoms with E-state index in [1.165, 1.54) is 57.8 Å². The summed E-state index contributed by atoms with van der Waals surface area (Å²) < 4.78 is 0. The Labute approximate surface area is 110 Å². The van der Waals surface area contributed by atoms with Crippen LogP contribution in [0, 0.1) is 23.7 Å². The minimum Gasteiger partial charge on any atom is -0.0654 e. The molecule has 0 aromatic heterocycles. The first-order chi connectivity index (χ1) is 8.13. The van der Waals surface area contributed by atoms with Gasteiger partial charge in [-0.05, 0) is 36.5 Å². The molecular formula is C17H34. The fourth-order valence-electron chi connectivity index (χ4n) is 3.53. The maximum atomic E-state index is 2.43. The lowest BCUT2D eigenvalue weighted by Crippen LogP contribution is -2.21. The summed E-state index contributed by atoms with van der Waals surface area (Å²) in [5.41, 5.74) is 0. The molecule has 102 valence electrons. The van der Waals surface area contributed by atoms with Crippen LogP contribution in [0.5, 0.6) is 0 Å². The van der Waals surface area contributed by atoms with Crippen LogP contribution >= 0.6 is 0 Å². The molecule has 0 amide bonds. The summed E-state index contributed by atoms with van der Waals surface area (Å²) in [5.74, 6) is 4.01. The minimum absolute atomic E-state index is 0.892. The average molecular weight is 238 g/mol. The third-order valence-corrected chi connectivity index (χ3v) is 4.74. The molecule has 0 heterocycles. The number of rotatable bonds is 7. The molecule has 1 unspecified atom stereocenters. The molecule has 1 aliphatic rings. The van der Waals surface area contributed by atoms with Gasteiger partial charge in [-0.15, -0.1) is 0 Å². The topological polar surface area (TPSA) is 0 Å². The molecule has 1 atom stereocenters. The number of hydrogen-bond donors (Lipinski definition) is 0. The van der Waals surface area contributed by atoms with Crippen molar-refractivity contribution in [1.82, 2.24) is 0 Å². The van der Waals surface area contributed by atoms with Crippen molar-refractivity contribution < 1.29 is 0 Å². The van der Waals surface area contributed by atoms with Crippen LogP contribution in [-0.2, 0) is 0 Å². The van der Waals surface area contributed by atoms with E-state index in [-0.39, 0.29) is 0 Å². The zero-order chi connectivity index (χ0) is 12.7. The van der Waals surface area contributed by atoms with Gasteiger partial charge in [0.25, 0.3) is 0 Å². The molecule has 0 aliphatic heterocycles. The highest BCUT2D eigenvalue weighted by Crippen LogP contribution is 2.37. The van der Waals surface area contributed by atoms with Gasteiger partial charge in [-0.1, -0.05) is 72.6 Å². The second-order valence-electron chi connectivity index (χ2n) is 6.89. The van der Waals surface area contributed by atoms with Gasteiger partial charge in [0.15, 0.2) is 0 Å². The Morgan fingerprint density at radius 3 is 2.12 bits per heavy atom. The van der Waals surface area contributed by atoms with Crippen molar-refractivity contribution in [2.24, 2.45) is 23.7 Å². The lowest BCUT2D eigenvalue weighted by atomic mass is 9.73. The van der Waals surface area contributed by atoms with Gasteiger partial charge in [0.1, 0.15) is 0 Å². The van der Waals surface area contributed by atoms with Crippen LogP contribution in [-0.4, -0.2) is 0 Å². The van der Waals surface area contributed by atoms with E-state index in [1.54, 1.807) is 0 Å². The van der Waals surface area contributed by atoms with Crippen LogP contribution in [0.1, 0.15) is 85.5 Å². The second-order valence-corrected chi connectivity index (χ2v) is 6.89. The lowest BCUT2D eigenvalue weighted by Gasteiger charge is -2.33. The molecule has 0 aromatic carbocycles. The quantitative estimate of drug-likeness (QED) is 0.506. The fraction of sp³-hybridized carbons (Fsp3) is 1.00. The molecule has 0 aromatic rings. The third-order valence-electron chi connectivity index (χ3n) is 4.74. The van der Waals surface area contributed by atoms with Gasteiger partial charge in [-0.2, -0.15) is 0 Å². The summed E-state index contributed by atoms with van der Waals surface area (Å²) in [4.78, 5) is 0. The van der Waals surface area contributed by atoms with Gasteiger partial charge in [0.05, 0.1) is 0 Å². The Morgan fingerprint density at radius 2 is 1.59 bits per heavy atom. The third kappa shape index (κ3) is 5.93. The van der Waals surface area contributed by atoms with E-state index in [4.69, 9.17) is 0 Å². The SMILES string of the molecule is CCCC(CCCC(C)C)C1CCC(C)CC1. The molecule has 0 bridgehead atoms. The van der Waals surface area contributed by atoms with Crippen molar-refractivity contribution in [3.05, 3.63) is 0 Å². The molecular weight excluding hydrogens is 204 g/mol. The van der Waals surface area contributed by atoms with E-state index in [0.29, 0.717) is 0 Å². The van der Waals surface area contributed by atoms with Crippen LogP contribution < -0.4 is 0 Å². The molecule has 0 heteroatoms. The van der Waals surface area contributed by atoms with E-state index < -0.39 is 0 Å². The summed E-state index contributed by atoms with van der Waals surface area (Å²) >= 11 is 0. The fourth-order valence-corrected chi connectivity index (χ4v) is 3.53. The standard InChI is InChI=1S/C17H34/c1-5-7-16(9-6-8-14(2)3)17-12-10-15(4)11-13-17/h14-17H,5-13H2,1-4H3. The average Bonchev–Trinajstić information content (AvgIpc) is 2.29. The summed E-state index contributed by atoms with van der Waals surface area (Å²) in [6.07, 6.45) is 13.3. The van der Waals surface area contributed by atoms with Crippen LogP contribution in [0.15, 0.2) is 0 Å². The van der Waals surface area contributed by atoms with Crippen LogP contribution in [0.3, 0.4) is 0 Å². The zero-order valence-corrected chi connectivity index (χ0v) is 12.7. The first-order valence-corrected chi connectivity index (χ1v) is 8.13. The van der Waals surface area contributed by atoms with Crippen LogP contribution in [0.2, 0.25) is 0 Å². The molecule has 0 nitrogen and oxygen atoms in total. The Morgan fingerprint density at radius 1 is 0.941 bits per heavy atom. The molecule has 1 saturated carbocycles. The Kier molecular flexibility index (Phi) is 7.23. The molecule has 17 heavy (non-hydrogen) atoms. The van der Waals surface area contributed by atoms with Gasteiger partial charge in [0, 0.05) is 0 Å². The highest BCUT2D eigenvalue weighted by molar-refractivity contribution is 4.76. The van der Waals surface area contributed by atoms with Crippen molar-refractivity contribution in [2.45, 2.75) is 85.5 Å². The summed E-state index contributed by atoms with van der Waals surface area (Å²) in [5, 5.41) is 0. The second kappa shape index (κ2) is 8.16. The predicted octanol–water partition coefficient (Wildman–Crippen LogP) is 6.06. The van der Waals surface area contributed by atoms with Gasteiger partial charge >= 0.3 is 0 Å². The van der Waals surface area contributed by atoms with Crippen LogP contribution in [0.25, 0.3) is 0 Å². The molecule has 1 fully saturated rings. The first-order valence-electron chi connectivity index (χ1n) is 8.13. The molecule has 1 rings (SSSR count). The molecule has 1 aliphatic carbocycles. The van der Waals surface area contributed by atoms with Crippen molar-refractivity contribution >= 4 is 0 Å². The Balaban J connectivity index is 2.31. The largest absolute Gasteiger partial charge is 0.0654 e. The summed E-state index contributed by atoms with van der Waals surface area (Å²) in [6.45, 7) is 9.51. The van der Waals surface area contributed by atoms with Crippen LogP contribution in [0.4, 0.5) is 0 Å². The number of hydrogen-bond acceptors (Lipinski definition) is 0. The molecule has 0 radical (unpaired) electrons. The molecule has 0 spiro atoms. The molecule has 0 N–H and O–H groups in total. The van der Waals surface area contributed by atoms with Crippen molar-refractivity contribution in [1.29, 1.82) is 0 Å². The maximum absolute atomic E-state index is 2.43. The van der Waals surface area contributed by atoms with Gasteiger partial charge < -0.3 is 0 Å². The summed E-state index contributed by atoms with van der Waals surface area (Å²) in [7, 11) is 0. The zero-order valence-electron chi connectivity index (χ0n) is 12.7. The minimum atomic E-state index is 0.892. The summed E-state index contributed by atoms with van der Waals surface area (Å²) in [6, 6.07) is 0. The monoisotopic (exact) mass is 238 g/mol. The Bertz CT molecular complexity index is 174. The van der Waals surface area contributed by atoms with E-state index >= 15 is 0 Å². The lowest BCUT2D eigenvalue weighted by molar-refractivity contribution is 0.189. The van der Waals surface area contributed by atoms with E-state index in [0.717, 1.165) is 23.7 Å². The van der Waals surface area contributed by atoms with E-state index in [9.17, 15) is 0 Å².